The van der Waals surface area contributed by atoms with Crippen molar-refractivity contribution in [2.75, 3.05) is 0 Å². The van der Waals surface area contributed by atoms with Crippen LogP contribution in [0.4, 0.5) is 4.39 Å². The Morgan fingerprint density at radius 2 is 1.87 bits per heavy atom. The molecular weight excluding hydrogens is 513 g/mol. The van der Waals surface area contributed by atoms with Crippen molar-refractivity contribution in [3.63, 3.8) is 0 Å². The molecule has 39 heavy (non-hydrogen) atoms. The maximum atomic E-state index is 16.3. The Kier molecular flexibility index (Phi) is 4.93. The highest BCUT2D eigenvalue weighted by Gasteiger charge is 2.24. The van der Waals surface area contributed by atoms with Gasteiger partial charge in [0.15, 0.2) is 11.3 Å². The van der Waals surface area contributed by atoms with Gasteiger partial charge in [-0.3, -0.25) is 24.5 Å². The number of hydrogen-bond acceptors (Lipinski definition) is 6. The standard InChI is InChI=1S/C29H22FN7OS/c30-24-18-6-7-20-23(24)26(36-35-20)28-33-25-19(10-11-32-27(25)34-28)21-8-9-22(39-21)37(17-12-16(18)13-31-14-17)29(38)15-4-2-1-3-5-15/h6-15,35-36H,1-5H2. The minimum atomic E-state index is -0.418. The highest BCUT2D eigenvalue weighted by Crippen LogP contribution is 2.35. The van der Waals surface area contributed by atoms with Gasteiger partial charge in [-0.25, -0.2) is 19.3 Å². The molecular formula is C29H22FN7OS. The van der Waals surface area contributed by atoms with E-state index in [9.17, 15) is 4.79 Å². The van der Waals surface area contributed by atoms with Crippen LogP contribution in [0.15, 0.2) is 55.0 Å². The highest BCUT2D eigenvalue weighted by atomic mass is 32.1. The monoisotopic (exact) mass is 535 g/mol. The predicted molar refractivity (Wildman–Crippen MR) is 151 cm³/mol. The molecule has 1 aliphatic carbocycles. The molecule has 2 N–H and O–H groups in total. The summed E-state index contributed by atoms with van der Waals surface area (Å²) in [6.07, 6.45) is 10.0. The molecule has 1 aromatic carbocycles. The maximum Gasteiger partial charge on any atom is 0.235 e. The SMILES string of the molecule is O=C(C1CCCCC1)n1c2cncc(c2)c2ccc3[nH][nH]c(c4nc5nccc(c6ccc1s6)c5n4)-c3c2F. The lowest BCUT2D eigenvalue weighted by molar-refractivity contribution is 0.0812. The van der Waals surface area contributed by atoms with Gasteiger partial charge in [-0.05, 0) is 49.2 Å². The molecule has 3 aliphatic rings. The van der Waals surface area contributed by atoms with Crippen LogP contribution in [-0.4, -0.2) is 40.6 Å². The number of nitrogens with one attached hydrogen (secondary N) is 2. The minimum Gasteiger partial charge on any atom is -0.300 e. The van der Waals surface area contributed by atoms with E-state index < -0.39 is 5.82 Å². The summed E-state index contributed by atoms with van der Waals surface area (Å²) in [4.78, 5) is 33.2. The molecule has 8 bridgehead atoms. The summed E-state index contributed by atoms with van der Waals surface area (Å²) in [5.74, 6) is -0.420. The number of halogens is 1. The van der Waals surface area contributed by atoms with Crippen LogP contribution in [0.2, 0.25) is 0 Å². The zero-order valence-electron chi connectivity index (χ0n) is 20.7. The van der Waals surface area contributed by atoms with E-state index in [2.05, 4.69) is 25.1 Å². The van der Waals surface area contributed by atoms with Crippen molar-refractivity contribution in [1.29, 1.82) is 0 Å². The fourth-order valence-corrected chi connectivity index (χ4v) is 6.93. The van der Waals surface area contributed by atoms with E-state index in [1.165, 1.54) is 11.3 Å². The number of aromatic nitrogens is 7. The third-order valence-corrected chi connectivity index (χ3v) is 8.92. The number of fused-ring (bicyclic) bond motifs is 9. The van der Waals surface area contributed by atoms with Gasteiger partial charge in [-0.2, -0.15) is 0 Å². The molecule has 6 heterocycles. The first-order valence-corrected chi connectivity index (χ1v) is 13.9. The van der Waals surface area contributed by atoms with Crippen molar-refractivity contribution < 1.29 is 9.18 Å². The van der Waals surface area contributed by atoms with Gasteiger partial charge >= 0.3 is 0 Å². The molecule has 0 amide bonds. The van der Waals surface area contributed by atoms with Gasteiger partial charge < -0.3 is 0 Å². The van der Waals surface area contributed by atoms with E-state index in [1.54, 1.807) is 29.2 Å². The van der Waals surface area contributed by atoms with Crippen LogP contribution in [0.3, 0.4) is 0 Å². The molecule has 0 unspecified atom stereocenters. The summed E-state index contributed by atoms with van der Waals surface area (Å²) in [6, 6.07) is 11.3. The zero-order valence-corrected chi connectivity index (χ0v) is 21.6. The Balaban J connectivity index is 1.57. The first kappa shape index (κ1) is 22.5. The average molecular weight is 536 g/mol. The molecule has 10 heteroatoms. The van der Waals surface area contributed by atoms with Crippen LogP contribution in [0.25, 0.3) is 64.8 Å². The second-order valence-corrected chi connectivity index (χ2v) is 11.2. The average Bonchev–Trinajstić information content (AvgIpc) is 3.72. The van der Waals surface area contributed by atoms with E-state index in [1.807, 2.05) is 30.3 Å². The lowest BCUT2D eigenvalue weighted by Crippen LogP contribution is -2.24. The molecule has 5 aromatic rings. The van der Waals surface area contributed by atoms with Crippen LogP contribution in [-0.2, 0) is 0 Å². The van der Waals surface area contributed by atoms with Crippen LogP contribution in [0.1, 0.15) is 36.9 Å². The van der Waals surface area contributed by atoms with Crippen molar-refractivity contribution in [1.82, 2.24) is 34.7 Å². The summed E-state index contributed by atoms with van der Waals surface area (Å²) in [5.41, 5.74) is 3.50. The number of hydrogen-bond donors (Lipinski definition) is 2. The van der Waals surface area contributed by atoms with Gasteiger partial charge in [-0.15, -0.1) is 11.3 Å². The molecule has 8 nitrogen and oxygen atoms in total. The molecule has 0 saturated heterocycles. The first-order valence-electron chi connectivity index (χ1n) is 13.1. The molecule has 4 aromatic heterocycles. The van der Waals surface area contributed by atoms with E-state index in [0.29, 0.717) is 49.9 Å². The van der Waals surface area contributed by atoms with E-state index >= 15 is 4.39 Å². The second kappa shape index (κ2) is 8.54. The van der Waals surface area contributed by atoms with E-state index in [4.69, 9.17) is 4.98 Å². The van der Waals surface area contributed by atoms with Crippen LogP contribution in [0.5, 0.6) is 0 Å². The Labute approximate surface area is 224 Å². The van der Waals surface area contributed by atoms with Crippen molar-refractivity contribution in [2.24, 2.45) is 5.92 Å². The lowest BCUT2D eigenvalue weighted by Gasteiger charge is -2.21. The highest BCUT2D eigenvalue weighted by molar-refractivity contribution is 7.24. The van der Waals surface area contributed by atoms with E-state index in [0.717, 1.165) is 47.0 Å². The molecule has 0 spiro atoms. The zero-order chi connectivity index (χ0) is 26.1. The van der Waals surface area contributed by atoms with E-state index in [-0.39, 0.29) is 11.8 Å². The minimum absolute atomic E-state index is 0.0556. The number of H-pyrrole nitrogens is 2. The summed E-state index contributed by atoms with van der Waals surface area (Å²) in [5, 5.41) is 7.93. The number of thiophene rings is 1. The topological polar surface area (TPSA) is 105 Å². The van der Waals surface area contributed by atoms with Crippen molar-refractivity contribution >= 4 is 70.8 Å². The fourth-order valence-electron chi connectivity index (χ4n) is 5.87. The number of pyridine rings is 2. The van der Waals surface area contributed by atoms with Gasteiger partial charge in [0, 0.05) is 39.2 Å². The summed E-state index contributed by atoms with van der Waals surface area (Å²) < 4.78 is 19.0. The number of rotatable bonds is 1. The lowest BCUT2D eigenvalue weighted by atomic mass is 9.88. The number of nitrogens with zero attached hydrogens (tertiary/aromatic N) is 5. The largest absolute Gasteiger partial charge is 0.300 e. The quantitative estimate of drug-likeness (QED) is 0.232. The van der Waals surface area contributed by atoms with Crippen molar-refractivity contribution in [3.05, 3.63) is 60.8 Å². The summed E-state index contributed by atoms with van der Waals surface area (Å²) >= 11 is 1.51. The number of aromatic amines is 2. The summed E-state index contributed by atoms with van der Waals surface area (Å²) in [6.45, 7) is 0. The Bertz CT molecular complexity index is 2110. The molecule has 0 radical (unpaired) electrons. The van der Waals surface area contributed by atoms with Crippen LogP contribution >= 0.6 is 11.3 Å². The van der Waals surface area contributed by atoms with Gasteiger partial charge in [0.25, 0.3) is 0 Å². The fraction of sp³-hybridized carbons (Fsp3) is 0.207. The second-order valence-electron chi connectivity index (χ2n) is 10.1. The molecule has 192 valence electrons. The molecule has 8 rings (SSSR count). The van der Waals surface area contributed by atoms with Crippen molar-refractivity contribution in [2.45, 2.75) is 32.1 Å². The van der Waals surface area contributed by atoms with Gasteiger partial charge in [0.2, 0.25) is 5.91 Å². The molecule has 0 atom stereocenters. The van der Waals surface area contributed by atoms with Crippen LogP contribution < -0.4 is 0 Å². The van der Waals surface area contributed by atoms with Crippen LogP contribution in [0, 0.1) is 11.7 Å². The Morgan fingerprint density at radius 1 is 0.974 bits per heavy atom. The third-order valence-electron chi connectivity index (χ3n) is 7.82. The Hall–Kier alpha value is -4.44. The third kappa shape index (κ3) is 3.44. The van der Waals surface area contributed by atoms with Crippen molar-refractivity contribution in [3.8, 4) is 11.3 Å². The molecule has 1 saturated carbocycles. The van der Waals surface area contributed by atoms with Gasteiger partial charge in [0.05, 0.1) is 22.8 Å². The number of benzene rings is 1. The smallest absolute Gasteiger partial charge is 0.235 e. The Morgan fingerprint density at radius 3 is 2.77 bits per heavy atom. The molecule has 1 fully saturated rings. The van der Waals surface area contributed by atoms with Gasteiger partial charge in [-0.1, -0.05) is 19.3 Å². The predicted octanol–water partition coefficient (Wildman–Crippen LogP) is 7.14. The number of imidazole rings is 1. The number of carbonyl (C=O) groups is 1. The van der Waals surface area contributed by atoms with Gasteiger partial charge in [0.1, 0.15) is 21.9 Å². The summed E-state index contributed by atoms with van der Waals surface area (Å²) in [7, 11) is 0. The maximum absolute atomic E-state index is 16.3. The first-order chi connectivity index (χ1) is 19.2. The molecule has 2 aliphatic heterocycles. The number of carbonyl (C=O) groups excluding carboxylic acids is 1. The normalized spacial score (nSPS) is 14.8.